The Labute approximate surface area is 143 Å². The van der Waals surface area contributed by atoms with Crippen LogP contribution in [0.1, 0.15) is 6.92 Å². The lowest BCUT2D eigenvalue weighted by atomic mass is 10.1. The molecule has 0 fully saturated rings. The van der Waals surface area contributed by atoms with Gasteiger partial charge in [-0.3, -0.25) is 14.7 Å². The van der Waals surface area contributed by atoms with Gasteiger partial charge in [0.2, 0.25) is 11.9 Å². The smallest absolute Gasteiger partial charge is 0.232 e. The van der Waals surface area contributed by atoms with E-state index in [2.05, 4.69) is 10.4 Å². The molecule has 0 aliphatic carbocycles. The average Bonchev–Trinajstić information content (AvgIpc) is 3.02. The van der Waals surface area contributed by atoms with Gasteiger partial charge in [0.25, 0.3) is 0 Å². The molecule has 0 saturated heterocycles. The van der Waals surface area contributed by atoms with Gasteiger partial charge in [0, 0.05) is 43.5 Å². The molecule has 0 spiro atoms. The molecular formula is C18H16FN5O. The molecule has 3 heterocycles. The van der Waals surface area contributed by atoms with Crippen LogP contribution in [0.5, 0.6) is 0 Å². The van der Waals surface area contributed by atoms with Crippen LogP contribution >= 0.6 is 0 Å². The molecule has 1 aliphatic heterocycles. The molecule has 0 radical (unpaired) electrons. The highest BCUT2D eigenvalue weighted by Crippen LogP contribution is 2.35. The Morgan fingerprint density at radius 3 is 2.52 bits per heavy atom. The second kappa shape index (κ2) is 6.01. The lowest BCUT2D eigenvalue weighted by Crippen LogP contribution is -2.42. The Morgan fingerprint density at radius 2 is 1.84 bits per heavy atom. The monoisotopic (exact) mass is 337 g/mol. The number of anilines is 1. The molecule has 126 valence electrons. The van der Waals surface area contributed by atoms with Gasteiger partial charge in [-0.2, -0.15) is 0 Å². The van der Waals surface area contributed by atoms with E-state index >= 15 is 0 Å². The van der Waals surface area contributed by atoms with Crippen LogP contribution in [0.4, 0.5) is 10.3 Å². The number of benzene rings is 1. The summed E-state index contributed by atoms with van der Waals surface area (Å²) >= 11 is 0. The minimum Gasteiger partial charge on any atom is -0.321 e. The second-order valence-corrected chi connectivity index (χ2v) is 5.77. The Hall–Kier alpha value is -3.22. The van der Waals surface area contributed by atoms with E-state index in [0.717, 1.165) is 16.8 Å². The van der Waals surface area contributed by atoms with Crippen LogP contribution in [0.2, 0.25) is 0 Å². The van der Waals surface area contributed by atoms with Gasteiger partial charge in [0.1, 0.15) is 11.5 Å². The Morgan fingerprint density at radius 1 is 1.12 bits per heavy atom. The molecule has 4 rings (SSSR count). The SMILES string of the molecule is CC(=O)N1CCNn2c1nc(-c1ccc(F)cc1)c2-c1ccncc1. The maximum Gasteiger partial charge on any atom is 0.232 e. The molecule has 1 N–H and O–H groups in total. The van der Waals surface area contributed by atoms with Gasteiger partial charge in [0.05, 0.1) is 5.69 Å². The van der Waals surface area contributed by atoms with Gasteiger partial charge in [-0.1, -0.05) is 0 Å². The minimum atomic E-state index is -0.304. The maximum absolute atomic E-state index is 13.3. The van der Waals surface area contributed by atoms with Gasteiger partial charge in [-0.25, -0.2) is 14.1 Å². The minimum absolute atomic E-state index is 0.0697. The molecule has 6 nitrogen and oxygen atoms in total. The zero-order valence-electron chi connectivity index (χ0n) is 13.6. The molecule has 0 unspecified atom stereocenters. The summed E-state index contributed by atoms with van der Waals surface area (Å²) in [6.07, 6.45) is 3.41. The molecular weight excluding hydrogens is 321 g/mol. The van der Waals surface area contributed by atoms with Gasteiger partial charge in [0.15, 0.2) is 0 Å². The fourth-order valence-electron chi connectivity index (χ4n) is 3.00. The Balaban J connectivity index is 1.97. The fraction of sp³-hybridized carbons (Fsp3) is 0.167. The van der Waals surface area contributed by atoms with Crippen LogP contribution in [-0.4, -0.2) is 33.6 Å². The number of hydrogen-bond acceptors (Lipinski definition) is 4. The van der Waals surface area contributed by atoms with Crippen molar-refractivity contribution in [1.29, 1.82) is 0 Å². The fourth-order valence-corrected chi connectivity index (χ4v) is 3.00. The van der Waals surface area contributed by atoms with E-state index in [1.165, 1.54) is 19.1 Å². The normalized spacial score (nSPS) is 13.3. The Kier molecular flexibility index (Phi) is 3.68. The van der Waals surface area contributed by atoms with E-state index in [1.807, 2.05) is 16.8 Å². The summed E-state index contributed by atoms with van der Waals surface area (Å²) in [5.74, 6) is 0.159. The predicted octanol–water partition coefficient (Wildman–Crippen LogP) is 2.66. The molecule has 7 heteroatoms. The summed E-state index contributed by atoms with van der Waals surface area (Å²) in [7, 11) is 0. The van der Waals surface area contributed by atoms with Gasteiger partial charge >= 0.3 is 0 Å². The number of amides is 1. The summed E-state index contributed by atoms with van der Waals surface area (Å²) < 4.78 is 15.1. The average molecular weight is 337 g/mol. The van der Waals surface area contributed by atoms with Crippen molar-refractivity contribution in [2.24, 2.45) is 0 Å². The molecule has 1 aromatic carbocycles. The van der Waals surface area contributed by atoms with Crippen LogP contribution in [-0.2, 0) is 4.79 Å². The van der Waals surface area contributed by atoms with Crippen molar-refractivity contribution in [3.8, 4) is 22.5 Å². The van der Waals surface area contributed by atoms with Crippen LogP contribution in [0, 0.1) is 5.82 Å². The third kappa shape index (κ3) is 2.63. The molecule has 1 amide bonds. The number of carbonyl (C=O) groups excluding carboxylic acids is 1. The zero-order valence-corrected chi connectivity index (χ0v) is 13.6. The van der Waals surface area contributed by atoms with Crippen LogP contribution in [0.25, 0.3) is 22.5 Å². The number of nitrogens with one attached hydrogen (secondary N) is 1. The van der Waals surface area contributed by atoms with Crippen molar-refractivity contribution in [1.82, 2.24) is 14.6 Å². The first-order valence-electron chi connectivity index (χ1n) is 7.96. The number of imidazole rings is 1. The maximum atomic E-state index is 13.3. The van der Waals surface area contributed by atoms with Crippen molar-refractivity contribution in [3.63, 3.8) is 0 Å². The Bertz CT molecular complexity index is 921. The van der Waals surface area contributed by atoms with Gasteiger partial charge in [-0.15, -0.1) is 0 Å². The summed E-state index contributed by atoms with van der Waals surface area (Å²) in [6.45, 7) is 2.68. The number of halogens is 1. The molecule has 1 aliphatic rings. The topological polar surface area (TPSA) is 63.1 Å². The standard InChI is InChI=1S/C18H16FN5O/c1-12(25)23-11-10-21-24-17(14-6-8-20-9-7-14)16(22-18(23)24)13-2-4-15(19)5-3-13/h2-9,21H,10-11H2,1H3. The molecule has 0 saturated carbocycles. The first-order valence-corrected chi connectivity index (χ1v) is 7.96. The van der Waals surface area contributed by atoms with Crippen LogP contribution in [0.15, 0.2) is 48.8 Å². The van der Waals surface area contributed by atoms with E-state index in [1.54, 1.807) is 29.4 Å². The number of nitrogens with zero attached hydrogens (tertiary/aromatic N) is 4. The molecule has 0 bridgehead atoms. The summed E-state index contributed by atoms with van der Waals surface area (Å²) in [5, 5.41) is 0. The van der Waals surface area contributed by atoms with E-state index < -0.39 is 0 Å². The van der Waals surface area contributed by atoms with Gasteiger partial charge < -0.3 is 5.43 Å². The number of rotatable bonds is 2. The van der Waals surface area contributed by atoms with E-state index in [-0.39, 0.29) is 11.7 Å². The van der Waals surface area contributed by atoms with Crippen molar-refractivity contribution in [3.05, 3.63) is 54.6 Å². The van der Waals surface area contributed by atoms with Crippen LogP contribution < -0.4 is 10.3 Å². The number of hydrogen-bond donors (Lipinski definition) is 1. The quantitative estimate of drug-likeness (QED) is 0.781. The number of carbonyl (C=O) groups is 1. The lowest BCUT2D eigenvalue weighted by molar-refractivity contribution is -0.116. The summed E-state index contributed by atoms with van der Waals surface area (Å²) in [4.78, 5) is 22.4. The number of fused-ring (bicyclic) bond motifs is 1. The molecule has 0 atom stereocenters. The van der Waals surface area contributed by atoms with E-state index in [4.69, 9.17) is 4.98 Å². The third-order valence-corrected chi connectivity index (χ3v) is 4.16. The van der Waals surface area contributed by atoms with Crippen molar-refractivity contribution < 1.29 is 9.18 Å². The van der Waals surface area contributed by atoms with Crippen LogP contribution in [0.3, 0.4) is 0 Å². The summed E-state index contributed by atoms with van der Waals surface area (Å²) in [6, 6.07) is 9.94. The summed E-state index contributed by atoms with van der Waals surface area (Å²) in [5.41, 5.74) is 6.47. The largest absolute Gasteiger partial charge is 0.321 e. The number of aromatic nitrogens is 3. The van der Waals surface area contributed by atoms with Crippen molar-refractivity contribution >= 4 is 11.9 Å². The second-order valence-electron chi connectivity index (χ2n) is 5.77. The van der Waals surface area contributed by atoms with Gasteiger partial charge in [-0.05, 0) is 36.4 Å². The van der Waals surface area contributed by atoms with E-state index in [0.29, 0.717) is 24.7 Å². The van der Waals surface area contributed by atoms with E-state index in [9.17, 15) is 9.18 Å². The lowest BCUT2D eigenvalue weighted by Gasteiger charge is -2.28. The molecule has 3 aromatic rings. The molecule has 2 aromatic heterocycles. The first kappa shape index (κ1) is 15.3. The van der Waals surface area contributed by atoms with Crippen molar-refractivity contribution in [2.75, 3.05) is 23.4 Å². The number of pyridine rings is 1. The van der Waals surface area contributed by atoms with Crippen molar-refractivity contribution in [2.45, 2.75) is 6.92 Å². The highest BCUT2D eigenvalue weighted by Gasteiger charge is 2.28. The predicted molar refractivity (Wildman–Crippen MR) is 93.1 cm³/mol. The zero-order chi connectivity index (χ0) is 17.4. The molecule has 25 heavy (non-hydrogen) atoms. The first-order chi connectivity index (χ1) is 12.1. The highest BCUT2D eigenvalue weighted by atomic mass is 19.1. The third-order valence-electron chi connectivity index (χ3n) is 4.16. The highest BCUT2D eigenvalue weighted by molar-refractivity contribution is 5.92.